The molecule has 2 fully saturated rings. The number of hydrogen-bond acceptors (Lipinski definition) is 0. The molecule has 0 aliphatic heterocycles. The van der Waals surface area contributed by atoms with E-state index < -0.39 is 0 Å². The molecule has 3 aliphatic rings. The molecule has 0 spiro atoms. The number of benzene rings is 2. The summed E-state index contributed by atoms with van der Waals surface area (Å²) in [6.07, 6.45) is 15.1. The Morgan fingerprint density at radius 1 is 0.778 bits per heavy atom. The molecule has 3 aromatic rings. The number of halogens is 2. The predicted molar refractivity (Wildman–Crippen MR) is 144 cm³/mol. The van der Waals surface area contributed by atoms with Crippen LogP contribution in [0.3, 0.4) is 0 Å². The first-order chi connectivity index (χ1) is 16.6. The Kier molecular flexibility index (Phi) is 14.1. The number of rotatable bonds is 2. The van der Waals surface area contributed by atoms with Crippen LogP contribution in [0.4, 0.5) is 0 Å². The molecule has 0 unspecified atom stereocenters. The Balaban J connectivity index is 0.000000357. The molecular formula is C33H40Cl2Zr-2. The summed E-state index contributed by atoms with van der Waals surface area (Å²) >= 11 is 1.55. The van der Waals surface area contributed by atoms with Crippen molar-refractivity contribution in [3.63, 3.8) is 0 Å². The first-order valence-corrected chi connectivity index (χ1v) is 14.7. The first kappa shape index (κ1) is 31.3. The summed E-state index contributed by atoms with van der Waals surface area (Å²) in [5, 5.41) is 0. The van der Waals surface area contributed by atoms with E-state index in [1.54, 1.807) is 35.4 Å². The summed E-state index contributed by atoms with van der Waals surface area (Å²) < 4.78 is 1.51. The van der Waals surface area contributed by atoms with Crippen LogP contribution in [0.5, 0.6) is 0 Å². The average molecular weight is 599 g/mol. The molecule has 3 aliphatic carbocycles. The minimum Gasteiger partial charge on any atom is -1.00 e. The maximum atomic E-state index is 3.66. The molecule has 3 aromatic carbocycles. The van der Waals surface area contributed by atoms with E-state index in [0.29, 0.717) is 0 Å². The van der Waals surface area contributed by atoms with E-state index in [1.807, 2.05) is 30.3 Å². The molecule has 0 heterocycles. The van der Waals surface area contributed by atoms with Crippen LogP contribution in [0.15, 0.2) is 60.7 Å². The molecule has 36 heavy (non-hydrogen) atoms. The van der Waals surface area contributed by atoms with Crippen molar-refractivity contribution in [3.05, 3.63) is 89.0 Å². The summed E-state index contributed by atoms with van der Waals surface area (Å²) in [5.41, 5.74) is 9.11. The fourth-order valence-electron chi connectivity index (χ4n) is 5.80. The molecule has 0 saturated heterocycles. The molecule has 2 saturated carbocycles. The van der Waals surface area contributed by atoms with Crippen LogP contribution in [-0.2, 0) is 30.7 Å². The molecule has 6 rings (SSSR count). The maximum Gasteiger partial charge on any atom is -0.0162 e. The van der Waals surface area contributed by atoms with E-state index in [0.717, 1.165) is 18.3 Å². The van der Waals surface area contributed by atoms with Gasteiger partial charge in [-0.15, -0.1) is 5.56 Å². The van der Waals surface area contributed by atoms with Crippen molar-refractivity contribution >= 4 is 3.21 Å². The zero-order valence-electron chi connectivity index (χ0n) is 22.0. The van der Waals surface area contributed by atoms with Crippen LogP contribution < -0.4 is 24.8 Å². The second-order valence-electron chi connectivity index (χ2n) is 10.6. The predicted octanol–water partition coefficient (Wildman–Crippen LogP) is 3.31. The Morgan fingerprint density at radius 3 is 1.83 bits per heavy atom. The van der Waals surface area contributed by atoms with Gasteiger partial charge in [-0.25, -0.2) is 12.1 Å². The fourth-order valence-corrected chi connectivity index (χ4v) is 5.80. The van der Waals surface area contributed by atoms with E-state index in [2.05, 4.69) is 50.2 Å². The van der Waals surface area contributed by atoms with Crippen molar-refractivity contribution < 1.29 is 49.0 Å². The van der Waals surface area contributed by atoms with Crippen LogP contribution in [0.2, 0.25) is 0 Å². The van der Waals surface area contributed by atoms with E-state index >= 15 is 0 Å². The topological polar surface area (TPSA) is 0 Å². The molecular weight excluding hydrogens is 558 g/mol. The molecule has 0 aromatic heterocycles. The third kappa shape index (κ3) is 8.86. The summed E-state index contributed by atoms with van der Waals surface area (Å²) in [7, 11) is 0. The van der Waals surface area contributed by atoms with E-state index in [-0.39, 0.29) is 24.8 Å². The normalized spacial score (nSPS) is 16.6. The van der Waals surface area contributed by atoms with Crippen molar-refractivity contribution in [2.75, 3.05) is 0 Å². The second kappa shape index (κ2) is 16.2. The zero-order valence-corrected chi connectivity index (χ0v) is 25.9. The summed E-state index contributed by atoms with van der Waals surface area (Å²) in [4.78, 5) is 0. The van der Waals surface area contributed by atoms with Gasteiger partial charge in [-0.2, -0.15) is 47.5 Å². The van der Waals surface area contributed by atoms with Crippen LogP contribution in [0, 0.1) is 6.07 Å². The van der Waals surface area contributed by atoms with Crippen molar-refractivity contribution in [1.82, 2.24) is 0 Å². The molecule has 0 atom stereocenters. The van der Waals surface area contributed by atoms with E-state index in [4.69, 9.17) is 0 Å². The number of hydrogen-bond donors (Lipinski definition) is 0. The fraction of sp³-hybridized carbons (Fsp3) is 0.455. The Labute approximate surface area is 247 Å². The summed E-state index contributed by atoms with van der Waals surface area (Å²) in [5.74, 6) is 1.58. The van der Waals surface area contributed by atoms with Crippen LogP contribution in [0.1, 0.15) is 112 Å². The minimum absolute atomic E-state index is 0. The summed E-state index contributed by atoms with van der Waals surface area (Å²) in [6, 6.07) is 25.9. The molecule has 0 bridgehead atoms. The summed E-state index contributed by atoms with van der Waals surface area (Å²) in [6.45, 7) is 4.25. The molecule has 0 radical (unpaired) electrons. The van der Waals surface area contributed by atoms with Gasteiger partial charge in [0.05, 0.1) is 0 Å². The molecule has 0 N–H and O–H groups in total. The minimum atomic E-state index is 0. The van der Waals surface area contributed by atoms with Crippen molar-refractivity contribution in [2.45, 2.75) is 96.3 Å². The maximum absolute atomic E-state index is 3.66. The van der Waals surface area contributed by atoms with Gasteiger partial charge in [-0.1, -0.05) is 86.6 Å². The van der Waals surface area contributed by atoms with Gasteiger partial charge in [0.1, 0.15) is 0 Å². The Bertz CT molecular complexity index is 955. The zero-order chi connectivity index (χ0) is 23.8. The van der Waals surface area contributed by atoms with Gasteiger partial charge in [0.25, 0.3) is 0 Å². The van der Waals surface area contributed by atoms with Crippen molar-refractivity contribution in [3.8, 4) is 11.1 Å². The van der Waals surface area contributed by atoms with E-state index in [9.17, 15) is 0 Å². The number of fused-ring (bicyclic) bond motifs is 3. The third-order valence-corrected chi connectivity index (χ3v) is 7.55. The van der Waals surface area contributed by atoms with Crippen LogP contribution in [0.25, 0.3) is 11.1 Å². The third-order valence-electron chi connectivity index (χ3n) is 7.55. The second-order valence-corrected chi connectivity index (χ2v) is 13.0. The molecule has 0 nitrogen and oxygen atoms in total. The van der Waals surface area contributed by atoms with Gasteiger partial charge in [-0.3, -0.25) is 0 Å². The Morgan fingerprint density at radius 2 is 1.31 bits per heavy atom. The van der Waals surface area contributed by atoms with Crippen LogP contribution in [-0.4, -0.2) is 3.21 Å². The Hall–Kier alpha value is -0.877. The molecule has 0 amide bonds. The largest absolute Gasteiger partial charge is 1.00 e. The van der Waals surface area contributed by atoms with Gasteiger partial charge >= 0.3 is 41.3 Å². The van der Waals surface area contributed by atoms with E-state index in [1.165, 1.54) is 89.7 Å². The van der Waals surface area contributed by atoms with Gasteiger partial charge in [-0.05, 0) is 30.7 Å². The SMILES string of the molecule is C[C](C)=[Zr+2].[Cl-].[Cl-].[c-]1cc(C2CCCCC2)cc2c1Cc1ccc(C3CCCCC3)cc1-2.c1cc[cH-]c1. The van der Waals surface area contributed by atoms with Crippen molar-refractivity contribution in [2.24, 2.45) is 0 Å². The van der Waals surface area contributed by atoms with Crippen LogP contribution >= 0.6 is 0 Å². The standard InChI is InChI=1S/C25H29.C5H5.C3H6.2ClH.Zr/c1-3-7-18(8-4-1)20-11-13-22-15-23-14-12-21(17-25(23)24(22)16-20)19-9-5-2-6-10-19;1-2-4-5-3-1;1-3-2;;;/h11-13,16-19H,1-10,15H2;1-5H;1-2H3;2*1H;/q2*-1;;;;+2/p-2. The van der Waals surface area contributed by atoms with Gasteiger partial charge in [0.2, 0.25) is 0 Å². The first-order valence-electron chi connectivity index (χ1n) is 13.5. The van der Waals surface area contributed by atoms with Gasteiger partial charge in [0, 0.05) is 0 Å². The van der Waals surface area contributed by atoms with Gasteiger partial charge in [0.15, 0.2) is 0 Å². The smallest absolute Gasteiger partial charge is 0.0162 e. The van der Waals surface area contributed by atoms with Gasteiger partial charge < -0.3 is 24.8 Å². The molecule has 192 valence electrons. The average Bonchev–Trinajstić information content (AvgIpc) is 3.56. The van der Waals surface area contributed by atoms with Crippen molar-refractivity contribution in [1.29, 1.82) is 0 Å². The quantitative estimate of drug-likeness (QED) is 0.311. The monoisotopic (exact) mass is 596 g/mol. The molecule has 3 heteroatoms.